The number of amides is 2. The summed E-state index contributed by atoms with van der Waals surface area (Å²) in [4.78, 5) is 45.8. The molecule has 2 rings (SSSR count). The standard InChI is InChI=1S/C19H26F3N3O3.C4H6O6/c1-19(2,3)28-10-16-18(27)24-4-5-25(16)17(26)8-12(23)6-11-7-14(21)15(22)9-13(11)20;5-1(3(7)8)2(6)4(9)10/h7,9,12,16H,4-6,8,10,23H2,1-3H3,(H,24,27);1-2,5-6H,(H,7,8)(H,9,10)/t12?,16-;/m1./s1. The fourth-order valence-corrected chi connectivity index (χ4v) is 3.19. The zero-order valence-corrected chi connectivity index (χ0v) is 21.0. The fraction of sp³-hybridized carbons (Fsp3) is 0.565. The van der Waals surface area contributed by atoms with Crippen molar-refractivity contribution in [2.24, 2.45) is 5.73 Å². The summed E-state index contributed by atoms with van der Waals surface area (Å²) in [6, 6.07) is -0.411. The molecular formula is C23H32F3N3O9. The third-order valence-corrected chi connectivity index (χ3v) is 5.14. The van der Waals surface area contributed by atoms with Crippen LogP contribution in [0.5, 0.6) is 0 Å². The van der Waals surface area contributed by atoms with Gasteiger partial charge < -0.3 is 41.1 Å². The second-order valence-electron chi connectivity index (χ2n) is 9.41. The van der Waals surface area contributed by atoms with Gasteiger partial charge >= 0.3 is 11.9 Å². The number of hydrogen-bond acceptors (Lipinski definition) is 8. The highest BCUT2D eigenvalue weighted by Gasteiger charge is 2.35. The second kappa shape index (κ2) is 14.0. The number of carboxylic acids is 2. The Morgan fingerprint density at radius 1 is 1.08 bits per heavy atom. The third kappa shape index (κ3) is 10.2. The van der Waals surface area contributed by atoms with Crippen molar-refractivity contribution in [3.63, 3.8) is 0 Å². The lowest BCUT2D eigenvalue weighted by atomic mass is 10.0. The SMILES string of the molecule is CC(C)(C)OC[C@@H]1C(=O)NCCN1C(=O)CC(N)Cc1cc(F)c(F)cc1F.O=C(O)C(O)C(O)C(=O)O. The number of rotatable bonds is 9. The molecule has 2 amide bonds. The first-order chi connectivity index (χ1) is 17.4. The van der Waals surface area contributed by atoms with E-state index in [1.54, 1.807) is 0 Å². The van der Waals surface area contributed by atoms with Gasteiger partial charge in [-0.1, -0.05) is 0 Å². The molecule has 0 bridgehead atoms. The minimum Gasteiger partial charge on any atom is -0.479 e. The Labute approximate surface area is 216 Å². The lowest BCUT2D eigenvalue weighted by Gasteiger charge is -2.36. The van der Waals surface area contributed by atoms with E-state index in [2.05, 4.69) is 5.32 Å². The predicted molar refractivity (Wildman–Crippen MR) is 124 cm³/mol. The normalized spacial score (nSPS) is 18.0. The van der Waals surface area contributed by atoms with Gasteiger partial charge in [0.2, 0.25) is 11.8 Å². The van der Waals surface area contributed by atoms with E-state index in [0.717, 1.165) is 6.07 Å². The number of hydrogen-bond donors (Lipinski definition) is 6. The molecule has 0 aromatic heterocycles. The number of carboxylic acid groups (broad SMARTS) is 2. The maximum atomic E-state index is 13.8. The van der Waals surface area contributed by atoms with Crippen LogP contribution in [0.3, 0.4) is 0 Å². The van der Waals surface area contributed by atoms with E-state index >= 15 is 0 Å². The number of nitrogens with two attached hydrogens (primary N) is 1. The number of aliphatic carboxylic acids is 2. The van der Waals surface area contributed by atoms with Gasteiger partial charge in [-0.15, -0.1) is 0 Å². The monoisotopic (exact) mass is 551 g/mol. The van der Waals surface area contributed by atoms with Gasteiger partial charge in [0.1, 0.15) is 11.9 Å². The van der Waals surface area contributed by atoms with Gasteiger partial charge in [0.05, 0.1) is 12.2 Å². The van der Waals surface area contributed by atoms with Gasteiger partial charge in [0.25, 0.3) is 0 Å². The minimum atomic E-state index is -2.27. The van der Waals surface area contributed by atoms with Crippen molar-refractivity contribution >= 4 is 23.8 Å². The number of halogens is 3. The molecule has 3 unspecified atom stereocenters. The number of nitrogens with zero attached hydrogens (tertiary/aromatic N) is 1. The first-order valence-electron chi connectivity index (χ1n) is 11.4. The Balaban J connectivity index is 0.000000612. The predicted octanol–water partition coefficient (Wildman–Crippen LogP) is -0.617. The van der Waals surface area contributed by atoms with Gasteiger partial charge in [0, 0.05) is 31.6 Å². The third-order valence-electron chi connectivity index (χ3n) is 5.14. The largest absolute Gasteiger partial charge is 0.479 e. The first kappa shape index (κ1) is 32.8. The zero-order chi connectivity index (χ0) is 29.4. The number of aliphatic hydroxyl groups is 2. The molecular weight excluding hydrogens is 519 g/mol. The van der Waals surface area contributed by atoms with Crippen LogP contribution in [0.15, 0.2) is 12.1 Å². The van der Waals surface area contributed by atoms with E-state index in [1.807, 2.05) is 20.8 Å². The Morgan fingerprint density at radius 3 is 2.11 bits per heavy atom. The molecule has 1 fully saturated rings. The Morgan fingerprint density at radius 2 is 1.61 bits per heavy atom. The summed E-state index contributed by atoms with van der Waals surface area (Å²) in [5.41, 5.74) is 5.34. The van der Waals surface area contributed by atoms with Crippen LogP contribution in [0, 0.1) is 17.5 Å². The van der Waals surface area contributed by atoms with Crippen molar-refractivity contribution < 1.29 is 57.5 Å². The van der Waals surface area contributed by atoms with Gasteiger partial charge in [-0.05, 0) is 38.8 Å². The quantitative estimate of drug-likeness (QED) is 0.215. The molecule has 1 aliphatic heterocycles. The zero-order valence-electron chi connectivity index (χ0n) is 21.0. The maximum absolute atomic E-state index is 13.8. The van der Waals surface area contributed by atoms with Crippen molar-refractivity contribution in [1.29, 1.82) is 0 Å². The van der Waals surface area contributed by atoms with Crippen LogP contribution in [0.1, 0.15) is 32.8 Å². The molecule has 7 N–H and O–H groups in total. The lowest BCUT2D eigenvalue weighted by molar-refractivity contribution is -0.165. The van der Waals surface area contributed by atoms with Gasteiger partial charge in [-0.3, -0.25) is 9.59 Å². The van der Waals surface area contributed by atoms with Gasteiger partial charge in [0.15, 0.2) is 23.8 Å². The number of piperazine rings is 1. The van der Waals surface area contributed by atoms with E-state index in [1.165, 1.54) is 4.90 Å². The average Bonchev–Trinajstić information content (AvgIpc) is 2.80. The molecule has 1 aliphatic rings. The summed E-state index contributed by atoms with van der Waals surface area (Å²) in [5, 5.41) is 35.2. The van der Waals surface area contributed by atoms with Crippen molar-refractivity contribution in [1.82, 2.24) is 10.2 Å². The van der Waals surface area contributed by atoms with Gasteiger partial charge in [-0.25, -0.2) is 22.8 Å². The summed E-state index contributed by atoms with van der Waals surface area (Å²) < 4.78 is 45.8. The second-order valence-corrected chi connectivity index (χ2v) is 9.41. The molecule has 1 heterocycles. The van der Waals surface area contributed by atoms with E-state index in [4.69, 9.17) is 30.9 Å². The van der Waals surface area contributed by atoms with Crippen molar-refractivity contribution in [3.8, 4) is 0 Å². The van der Waals surface area contributed by atoms with E-state index < -0.39 is 59.3 Å². The molecule has 0 radical (unpaired) electrons. The molecule has 12 nitrogen and oxygen atoms in total. The van der Waals surface area contributed by atoms with Crippen molar-refractivity contribution in [2.75, 3.05) is 19.7 Å². The number of aliphatic hydroxyl groups excluding tert-OH is 2. The van der Waals surface area contributed by atoms with Crippen LogP contribution in [-0.4, -0.2) is 98.7 Å². The molecule has 0 aliphatic carbocycles. The molecule has 38 heavy (non-hydrogen) atoms. The number of benzene rings is 1. The number of ether oxygens (including phenoxy) is 1. The molecule has 214 valence electrons. The Hall–Kier alpha value is -3.27. The molecule has 1 saturated heterocycles. The number of carbonyl (C=O) groups excluding carboxylic acids is 2. The van der Waals surface area contributed by atoms with Crippen LogP contribution >= 0.6 is 0 Å². The highest BCUT2D eigenvalue weighted by molar-refractivity contribution is 5.89. The molecule has 0 saturated carbocycles. The molecule has 4 atom stereocenters. The molecule has 1 aromatic rings. The average molecular weight is 552 g/mol. The minimum absolute atomic E-state index is 0.0358. The van der Waals surface area contributed by atoms with Gasteiger partial charge in [-0.2, -0.15) is 0 Å². The Bertz CT molecular complexity index is 1000. The van der Waals surface area contributed by atoms with E-state index in [9.17, 15) is 32.3 Å². The highest BCUT2D eigenvalue weighted by Crippen LogP contribution is 2.17. The summed E-state index contributed by atoms with van der Waals surface area (Å²) in [7, 11) is 0. The fourth-order valence-electron chi connectivity index (χ4n) is 3.19. The molecule has 15 heteroatoms. The highest BCUT2D eigenvalue weighted by atomic mass is 19.2. The molecule has 1 aromatic carbocycles. The summed E-state index contributed by atoms with van der Waals surface area (Å²) in [5.74, 6) is -7.62. The van der Waals surface area contributed by atoms with Crippen LogP contribution in [0.25, 0.3) is 0 Å². The summed E-state index contributed by atoms with van der Waals surface area (Å²) in [6.07, 6.45) is -4.84. The summed E-state index contributed by atoms with van der Waals surface area (Å²) >= 11 is 0. The van der Waals surface area contributed by atoms with Crippen LogP contribution in [0.2, 0.25) is 0 Å². The van der Waals surface area contributed by atoms with Crippen LogP contribution in [0.4, 0.5) is 13.2 Å². The summed E-state index contributed by atoms with van der Waals surface area (Å²) in [6.45, 7) is 6.16. The van der Waals surface area contributed by atoms with E-state index in [-0.39, 0.29) is 36.8 Å². The van der Waals surface area contributed by atoms with Crippen molar-refractivity contribution in [2.45, 2.75) is 63.5 Å². The number of nitrogens with one attached hydrogen (secondary N) is 1. The van der Waals surface area contributed by atoms with Crippen LogP contribution in [-0.2, 0) is 30.3 Å². The molecule has 0 spiro atoms. The van der Waals surface area contributed by atoms with Crippen LogP contribution < -0.4 is 11.1 Å². The lowest BCUT2D eigenvalue weighted by Crippen LogP contribution is -2.60. The number of carbonyl (C=O) groups is 4. The maximum Gasteiger partial charge on any atom is 0.335 e. The smallest absolute Gasteiger partial charge is 0.335 e. The Kier molecular flexibility index (Phi) is 12.1. The van der Waals surface area contributed by atoms with E-state index in [0.29, 0.717) is 19.2 Å². The van der Waals surface area contributed by atoms with Crippen molar-refractivity contribution in [3.05, 3.63) is 35.1 Å². The topological polar surface area (TPSA) is 200 Å². The first-order valence-corrected chi connectivity index (χ1v) is 11.4.